The maximum atomic E-state index is 6.01. The monoisotopic (exact) mass is 405 g/mol. The number of hydrogen-bond donors (Lipinski definition) is 1. The molecule has 1 aromatic carbocycles. The fourth-order valence-electron chi connectivity index (χ4n) is 3.39. The summed E-state index contributed by atoms with van der Waals surface area (Å²) < 4.78 is 16.5. The van der Waals surface area contributed by atoms with Gasteiger partial charge in [-0.15, -0.1) is 11.3 Å². The van der Waals surface area contributed by atoms with Gasteiger partial charge < -0.3 is 24.4 Å². The van der Waals surface area contributed by atoms with Crippen molar-refractivity contribution in [3.63, 3.8) is 0 Å². The van der Waals surface area contributed by atoms with Gasteiger partial charge in [-0.25, -0.2) is 4.98 Å². The van der Waals surface area contributed by atoms with Crippen LogP contribution in [0.3, 0.4) is 0 Å². The standard InChI is InChI=1S/C21H31N3O3S/c1-22-13-15-12-16(24(2)3)8-9-17(15)21-23-18-6-5-7-19(20(18)28-21)27-14-26-11-10-25-4/h8-9,12,19,22H,5-7,10-11,13-14H2,1-4H3. The lowest BCUT2D eigenvalue weighted by molar-refractivity contribution is -0.102. The molecule has 0 spiro atoms. The van der Waals surface area contributed by atoms with E-state index in [9.17, 15) is 0 Å². The Morgan fingerprint density at radius 1 is 1.29 bits per heavy atom. The third-order valence-corrected chi connectivity index (χ3v) is 6.11. The van der Waals surface area contributed by atoms with E-state index in [0.29, 0.717) is 20.0 Å². The molecule has 0 radical (unpaired) electrons. The molecule has 1 atom stereocenters. The second-order valence-corrected chi connectivity index (χ2v) is 8.19. The molecule has 3 rings (SSSR count). The normalized spacial score (nSPS) is 16.2. The largest absolute Gasteiger partial charge is 0.382 e. The summed E-state index contributed by atoms with van der Waals surface area (Å²) in [5.74, 6) is 0. The molecule has 0 bridgehead atoms. The van der Waals surface area contributed by atoms with Crippen molar-refractivity contribution in [3.8, 4) is 10.6 Å². The topological polar surface area (TPSA) is 55.9 Å². The molecular formula is C21H31N3O3S. The molecule has 1 aliphatic rings. The van der Waals surface area contributed by atoms with E-state index in [4.69, 9.17) is 19.2 Å². The highest BCUT2D eigenvalue weighted by Gasteiger charge is 2.26. The molecule has 1 heterocycles. The number of thiazole rings is 1. The maximum absolute atomic E-state index is 6.01. The van der Waals surface area contributed by atoms with Gasteiger partial charge in [0.2, 0.25) is 0 Å². The lowest BCUT2D eigenvalue weighted by atomic mass is 10.0. The quantitative estimate of drug-likeness (QED) is 0.481. The molecule has 1 N–H and O–H groups in total. The van der Waals surface area contributed by atoms with E-state index in [2.05, 4.69) is 42.5 Å². The smallest absolute Gasteiger partial charge is 0.147 e. The molecule has 0 saturated heterocycles. The number of hydrogen-bond acceptors (Lipinski definition) is 7. The summed E-state index contributed by atoms with van der Waals surface area (Å²) >= 11 is 1.76. The molecule has 7 heteroatoms. The van der Waals surface area contributed by atoms with Gasteiger partial charge in [-0.1, -0.05) is 0 Å². The van der Waals surface area contributed by atoms with Crippen LogP contribution in [0.2, 0.25) is 0 Å². The molecule has 0 aliphatic heterocycles. The van der Waals surface area contributed by atoms with Crippen LogP contribution < -0.4 is 10.2 Å². The Bertz CT molecular complexity index is 763. The Kier molecular flexibility index (Phi) is 7.82. The van der Waals surface area contributed by atoms with Gasteiger partial charge in [0.15, 0.2) is 0 Å². The Labute approximate surface area is 171 Å². The molecule has 6 nitrogen and oxygen atoms in total. The lowest BCUT2D eigenvalue weighted by Crippen LogP contribution is -2.14. The molecule has 0 saturated carbocycles. The van der Waals surface area contributed by atoms with Crippen LogP contribution in [0.25, 0.3) is 10.6 Å². The van der Waals surface area contributed by atoms with Crippen molar-refractivity contribution in [2.24, 2.45) is 0 Å². The van der Waals surface area contributed by atoms with E-state index in [-0.39, 0.29) is 6.10 Å². The van der Waals surface area contributed by atoms with Crippen LogP contribution in [0.4, 0.5) is 5.69 Å². The summed E-state index contributed by atoms with van der Waals surface area (Å²) in [6.45, 7) is 2.24. The van der Waals surface area contributed by atoms with Crippen LogP contribution in [0.15, 0.2) is 18.2 Å². The number of nitrogens with one attached hydrogen (secondary N) is 1. The maximum Gasteiger partial charge on any atom is 0.147 e. The predicted octanol–water partition coefficient (Wildman–Crippen LogP) is 3.61. The zero-order valence-electron chi connectivity index (χ0n) is 17.3. The van der Waals surface area contributed by atoms with Gasteiger partial charge in [0.1, 0.15) is 11.8 Å². The summed E-state index contributed by atoms with van der Waals surface area (Å²) in [5, 5.41) is 4.36. The zero-order chi connectivity index (χ0) is 19.9. The van der Waals surface area contributed by atoms with Crippen LogP contribution in [0.5, 0.6) is 0 Å². The summed E-state index contributed by atoms with van der Waals surface area (Å²) in [6, 6.07) is 6.59. The van der Waals surface area contributed by atoms with Gasteiger partial charge in [-0.05, 0) is 50.1 Å². The van der Waals surface area contributed by atoms with Gasteiger partial charge in [-0.2, -0.15) is 0 Å². The van der Waals surface area contributed by atoms with E-state index >= 15 is 0 Å². The highest BCUT2D eigenvalue weighted by Crippen LogP contribution is 2.41. The van der Waals surface area contributed by atoms with E-state index in [1.807, 2.05) is 7.05 Å². The molecule has 28 heavy (non-hydrogen) atoms. The van der Waals surface area contributed by atoms with Gasteiger partial charge >= 0.3 is 0 Å². The SMILES string of the molecule is CNCc1cc(N(C)C)ccc1-c1nc2c(s1)C(OCOCCOC)CCC2. The minimum Gasteiger partial charge on any atom is -0.382 e. The van der Waals surface area contributed by atoms with E-state index in [0.717, 1.165) is 30.8 Å². The van der Waals surface area contributed by atoms with Gasteiger partial charge in [0.05, 0.1) is 29.9 Å². The Morgan fingerprint density at radius 3 is 2.89 bits per heavy atom. The average molecular weight is 406 g/mol. The number of fused-ring (bicyclic) bond motifs is 1. The third-order valence-electron chi connectivity index (χ3n) is 4.89. The van der Waals surface area contributed by atoms with Crippen LogP contribution in [-0.2, 0) is 27.2 Å². The second-order valence-electron chi connectivity index (χ2n) is 7.16. The van der Waals surface area contributed by atoms with Crippen LogP contribution in [-0.4, -0.2) is 53.2 Å². The van der Waals surface area contributed by atoms with Crippen LogP contribution >= 0.6 is 11.3 Å². The van der Waals surface area contributed by atoms with Crippen molar-refractivity contribution in [3.05, 3.63) is 34.3 Å². The minimum atomic E-state index is 0.0753. The first-order valence-corrected chi connectivity index (χ1v) is 10.6. The summed E-state index contributed by atoms with van der Waals surface area (Å²) in [6.07, 6.45) is 3.21. The van der Waals surface area contributed by atoms with E-state index in [1.54, 1.807) is 18.4 Å². The summed E-state index contributed by atoms with van der Waals surface area (Å²) in [4.78, 5) is 8.36. The average Bonchev–Trinajstić information content (AvgIpc) is 3.13. The number of methoxy groups -OCH3 is 1. The van der Waals surface area contributed by atoms with Crippen molar-refractivity contribution in [1.82, 2.24) is 10.3 Å². The highest BCUT2D eigenvalue weighted by molar-refractivity contribution is 7.15. The molecule has 1 aromatic heterocycles. The van der Waals surface area contributed by atoms with Crippen molar-refractivity contribution in [1.29, 1.82) is 0 Å². The van der Waals surface area contributed by atoms with Gasteiger partial charge in [-0.3, -0.25) is 0 Å². The van der Waals surface area contributed by atoms with E-state index in [1.165, 1.54) is 27.4 Å². The number of rotatable bonds is 10. The minimum absolute atomic E-state index is 0.0753. The summed E-state index contributed by atoms with van der Waals surface area (Å²) in [7, 11) is 7.78. The van der Waals surface area contributed by atoms with Crippen molar-refractivity contribution >= 4 is 17.0 Å². The molecule has 0 amide bonds. The number of nitrogens with zero attached hydrogens (tertiary/aromatic N) is 2. The second kappa shape index (κ2) is 10.3. The van der Waals surface area contributed by atoms with Crippen molar-refractivity contribution in [2.75, 3.05) is 53.2 Å². The third kappa shape index (κ3) is 5.10. The molecule has 154 valence electrons. The number of aryl methyl sites for hydroxylation is 1. The Hall–Kier alpha value is -1.51. The van der Waals surface area contributed by atoms with Crippen LogP contribution in [0.1, 0.15) is 35.1 Å². The molecule has 2 aromatic rings. The van der Waals surface area contributed by atoms with Crippen molar-refractivity contribution < 1.29 is 14.2 Å². The fraction of sp³-hybridized carbons (Fsp3) is 0.571. The molecule has 1 aliphatic carbocycles. The number of benzene rings is 1. The molecular weight excluding hydrogens is 374 g/mol. The summed E-state index contributed by atoms with van der Waals surface area (Å²) in [5.41, 5.74) is 4.85. The first-order chi connectivity index (χ1) is 13.6. The first-order valence-electron chi connectivity index (χ1n) is 9.77. The number of anilines is 1. The fourth-order valence-corrected chi connectivity index (χ4v) is 4.65. The lowest BCUT2D eigenvalue weighted by Gasteiger charge is -2.21. The molecule has 1 unspecified atom stereocenters. The number of ether oxygens (including phenoxy) is 3. The van der Waals surface area contributed by atoms with E-state index < -0.39 is 0 Å². The Morgan fingerprint density at radius 2 is 2.14 bits per heavy atom. The highest BCUT2D eigenvalue weighted by atomic mass is 32.1. The van der Waals surface area contributed by atoms with Crippen LogP contribution in [0, 0.1) is 0 Å². The first kappa shape index (κ1) is 21.2. The predicted molar refractivity (Wildman–Crippen MR) is 114 cm³/mol. The van der Waals surface area contributed by atoms with Gasteiger partial charge in [0, 0.05) is 39.0 Å². The number of aromatic nitrogens is 1. The van der Waals surface area contributed by atoms with Crippen molar-refractivity contribution in [2.45, 2.75) is 31.9 Å². The van der Waals surface area contributed by atoms with Gasteiger partial charge in [0.25, 0.3) is 0 Å². The Balaban J connectivity index is 1.80. The molecule has 0 fully saturated rings. The zero-order valence-corrected chi connectivity index (χ0v) is 18.1.